The Morgan fingerprint density at radius 2 is 1.75 bits per heavy atom. The van der Waals surface area contributed by atoms with E-state index in [9.17, 15) is 19.4 Å². The van der Waals surface area contributed by atoms with E-state index in [0.717, 1.165) is 0 Å². The van der Waals surface area contributed by atoms with Crippen LogP contribution < -0.4 is 69.1 Å². The molecular formula is C9H8Na2O4P+. The summed E-state index contributed by atoms with van der Waals surface area (Å²) in [5.74, 6) is -1.55. The zero-order valence-electron chi connectivity index (χ0n) is 9.25. The van der Waals surface area contributed by atoms with E-state index >= 15 is 0 Å². The third-order valence-electron chi connectivity index (χ3n) is 1.80. The van der Waals surface area contributed by atoms with E-state index in [1.807, 2.05) is 0 Å². The van der Waals surface area contributed by atoms with Gasteiger partial charge in [-0.2, -0.15) is 0 Å². The number of hydrogen-bond acceptors (Lipinski definition) is 4. The summed E-state index contributed by atoms with van der Waals surface area (Å²) in [6.45, 7) is 0. The van der Waals surface area contributed by atoms with Crippen molar-refractivity contribution in [2.24, 2.45) is 0 Å². The molecule has 0 aromatic heterocycles. The minimum Gasteiger partial charge on any atom is -0.595 e. The van der Waals surface area contributed by atoms with Crippen LogP contribution >= 0.6 is 8.03 Å². The number of carboxylic acids is 1. The normalized spacial score (nSPS) is 11.7. The van der Waals surface area contributed by atoms with Crippen LogP contribution in [0.2, 0.25) is 0 Å². The number of benzene rings is 1. The number of aliphatic carboxylic acids is 1. The molecule has 0 heterocycles. The van der Waals surface area contributed by atoms with Gasteiger partial charge < -0.3 is 14.8 Å². The number of carbonyl (C=O) groups excluding carboxylic acids is 1. The Morgan fingerprint density at radius 3 is 2.12 bits per heavy atom. The second-order valence-corrected chi connectivity index (χ2v) is 4.00. The van der Waals surface area contributed by atoms with Crippen molar-refractivity contribution in [2.45, 2.75) is 12.1 Å². The fraction of sp³-hybridized carbons (Fsp3) is 0.222. The van der Waals surface area contributed by atoms with Gasteiger partial charge in [0.25, 0.3) is 0 Å². The summed E-state index contributed by atoms with van der Waals surface area (Å²) in [4.78, 5) is 21.0. The first-order valence-electron chi connectivity index (χ1n) is 3.99. The van der Waals surface area contributed by atoms with Crippen LogP contribution in [0.5, 0.6) is 0 Å². The smallest absolute Gasteiger partial charge is 0.595 e. The van der Waals surface area contributed by atoms with Gasteiger partial charge in [0.1, 0.15) is 0 Å². The minimum absolute atomic E-state index is 0. The molecule has 16 heavy (non-hydrogen) atoms. The van der Waals surface area contributed by atoms with Crippen LogP contribution in [0, 0.1) is 0 Å². The quantitative estimate of drug-likeness (QED) is 0.397. The molecule has 1 aromatic rings. The molecule has 7 heteroatoms. The van der Waals surface area contributed by atoms with Gasteiger partial charge in [-0.3, -0.25) is 0 Å². The van der Waals surface area contributed by atoms with Crippen LogP contribution in [0.15, 0.2) is 30.3 Å². The summed E-state index contributed by atoms with van der Waals surface area (Å²) in [6.07, 6.45) is -0.0398. The monoisotopic (exact) mass is 257 g/mol. The average Bonchev–Trinajstić information content (AvgIpc) is 2.15. The standard InChI is InChI=1S/C9H9O4P.2Na/c10-9(11)8(14(12)13)6-7-4-2-1-3-5-7;;/h1-5,8H,6H2,(H,10,11);;/q;2*+1/p-1. The van der Waals surface area contributed by atoms with Gasteiger partial charge in [0.15, 0.2) is 5.66 Å². The van der Waals surface area contributed by atoms with Crippen molar-refractivity contribution in [3.05, 3.63) is 35.9 Å². The van der Waals surface area contributed by atoms with Gasteiger partial charge in [0.2, 0.25) is 0 Å². The predicted octanol–water partition coefficient (Wildman–Crippen LogP) is -6.54. The molecule has 74 valence electrons. The Hall–Kier alpha value is 0.750. The molecule has 0 N–H and O–H groups in total. The number of hydrogen-bond donors (Lipinski definition) is 0. The van der Waals surface area contributed by atoms with E-state index in [4.69, 9.17) is 0 Å². The van der Waals surface area contributed by atoms with E-state index in [-0.39, 0.29) is 65.5 Å². The molecule has 1 aromatic carbocycles. The molecule has 0 aliphatic heterocycles. The molecule has 0 amide bonds. The Morgan fingerprint density at radius 1 is 1.25 bits per heavy atom. The summed E-state index contributed by atoms with van der Waals surface area (Å²) < 4.78 is 10.6. The van der Waals surface area contributed by atoms with Gasteiger partial charge in [0.05, 0.1) is 5.97 Å². The van der Waals surface area contributed by atoms with E-state index in [1.54, 1.807) is 30.3 Å². The van der Waals surface area contributed by atoms with Crippen molar-refractivity contribution in [3.63, 3.8) is 0 Å². The van der Waals surface area contributed by atoms with Crippen LogP contribution in [0.25, 0.3) is 0 Å². The summed E-state index contributed by atoms with van der Waals surface area (Å²) >= 11 is 0. The Kier molecular flexibility index (Phi) is 11.6. The predicted molar refractivity (Wildman–Crippen MR) is 46.5 cm³/mol. The SMILES string of the molecule is O=C([O-])C(Cc1ccccc1)[P+](=O)[O-].[Na+].[Na+]. The van der Waals surface area contributed by atoms with Crippen molar-refractivity contribution in [1.82, 2.24) is 0 Å². The molecule has 0 saturated carbocycles. The third-order valence-corrected chi connectivity index (χ3v) is 2.70. The first kappa shape index (κ1) is 19.1. The van der Waals surface area contributed by atoms with Gasteiger partial charge in [-0.25, -0.2) is 0 Å². The molecule has 0 spiro atoms. The van der Waals surface area contributed by atoms with Gasteiger partial charge in [-0.05, 0) is 5.56 Å². The Labute approximate surface area is 139 Å². The molecule has 0 aliphatic carbocycles. The molecule has 0 radical (unpaired) electrons. The van der Waals surface area contributed by atoms with E-state index in [1.165, 1.54) is 0 Å². The van der Waals surface area contributed by atoms with Crippen molar-refractivity contribution in [3.8, 4) is 0 Å². The van der Waals surface area contributed by atoms with Crippen molar-refractivity contribution in [1.29, 1.82) is 0 Å². The van der Waals surface area contributed by atoms with Crippen LogP contribution in [0.3, 0.4) is 0 Å². The fourth-order valence-electron chi connectivity index (χ4n) is 1.08. The fourth-order valence-corrected chi connectivity index (χ4v) is 1.61. The molecule has 0 aliphatic rings. The second kappa shape index (κ2) is 9.75. The number of carboxylic acid groups (broad SMARTS) is 1. The molecule has 2 atom stereocenters. The molecule has 4 nitrogen and oxygen atoms in total. The summed E-state index contributed by atoms with van der Waals surface area (Å²) in [7, 11) is -2.99. The second-order valence-electron chi connectivity index (χ2n) is 2.81. The number of carbonyl (C=O) groups is 1. The molecule has 0 fully saturated rings. The van der Waals surface area contributed by atoms with Crippen molar-refractivity contribution in [2.75, 3.05) is 0 Å². The van der Waals surface area contributed by atoms with Crippen LogP contribution in [-0.2, 0) is 15.8 Å². The first-order chi connectivity index (χ1) is 6.61. The van der Waals surface area contributed by atoms with Gasteiger partial charge in [-0.1, -0.05) is 34.9 Å². The van der Waals surface area contributed by atoms with E-state index in [2.05, 4.69) is 0 Å². The zero-order valence-corrected chi connectivity index (χ0v) is 14.1. The molecule has 2 unspecified atom stereocenters. The summed E-state index contributed by atoms with van der Waals surface area (Å²) in [5, 5.41) is 10.5. The maximum Gasteiger partial charge on any atom is 1.00 e. The average molecular weight is 257 g/mol. The molecule has 1 rings (SSSR count). The van der Waals surface area contributed by atoms with Crippen molar-refractivity contribution >= 4 is 14.0 Å². The van der Waals surface area contributed by atoms with E-state index in [0.29, 0.717) is 5.56 Å². The first-order valence-corrected chi connectivity index (χ1v) is 5.24. The number of rotatable bonds is 4. The maximum atomic E-state index is 10.6. The van der Waals surface area contributed by atoms with Gasteiger partial charge in [0, 0.05) is 6.42 Å². The Balaban J connectivity index is 0. The zero-order chi connectivity index (χ0) is 10.6. The topological polar surface area (TPSA) is 80.3 Å². The maximum absolute atomic E-state index is 10.6. The van der Waals surface area contributed by atoms with Crippen LogP contribution in [-0.4, -0.2) is 11.6 Å². The third kappa shape index (κ3) is 6.48. The van der Waals surface area contributed by atoms with Crippen LogP contribution in [0.4, 0.5) is 0 Å². The Bertz CT molecular complexity index is 331. The molecule has 0 bridgehead atoms. The van der Waals surface area contributed by atoms with E-state index < -0.39 is 19.7 Å². The summed E-state index contributed by atoms with van der Waals surface area (Å²) in [6, 6.07) is 8.57. The minimum atomic E-state index is -2.99. The van der Waals surface area contributed by atoms with Crippen LogP contribution in [0.1, 0.15) is 5.56 Å². The van der Waals surface area contributed by atoms with Crippen molar-refractivity contribution < 1.29 is 78.5 Å². The largest absolute Gasteiger partial charge is 1.00 e. The summed E-state index contributed by atoms with van der Waals surface area (Å²) in [5.41, 5.74) is -0.770. The molecular weight excluding hydrogens is 249 g/mol. The van der Waals surface area contributed by atoms with Gasteiger partial charge >= 0.3 is 67.1 Å². The molecule has 0 saturated heterocycles. The van der Waals surface area contributed by atoms with Gasteiger partial charge in [-0.15, -0.1) is 0 Å².